The normalized spacial score (nSPS) is 12.0. The summed E-state index contributed by atoms with van der Waals surface area (Å²) in [6.07, 6.45) is 4.56. The molecule has 0 unspecified atom stereocenters. The van der Waals surface area contributed by atoms with Gasteiger partial charge in [0.25, 0.3) is 0 Å². The number of hydrogen-bond acceptors (Lipinski definition) is 3. The number of hydrogen-bond donors (Lipinski definition) is 0. The van der Waals surface area contributed by atoms with Crippen molar-refractivity contribution >= 4 is 32.5 Å². The van der Waals surface area contributed by atoms with Crippen LogP contribution in [0.2, 0.25) is 5.02 Å². The van der Waals surface area contributed by atoms with Crippen LogP contribution in [0.25, 0.3) is 11.0 Å². The Balaban J connectivity index is 2.10. The molecule has 0 saturated heterocycles. The largest absolute Gasteiger partial charge is 0.325 e. The third kappa shape index (κ3) is 3.47. The van der Waals surface area contributed by atoms with Gasteiger partial charge in [-0.1, -0.05) is 37.1 Å². The molecule has 4 nitrogen and oxygen atoms in total. The van der Waals surface area contributed by atoms with Gasteiger partial charge in [0.05, 0.1) is 4.90 Å². The average molecular weight is 363 g/mol. The average Bonchev–Trinajstić information content (AvgIpc) is 2.86. The van der Waals surface area contributed by atoms with Crippen LogP contribution < -0.4 is 0 Å². The summed E-state index contributed by atoms with van der Waals surface area (Å²) in [6, 6.07) is 11.5. The van der Waals surface area contributed by atoms with Gasteiger partial charge in [-0.25, -0.2) is 13.4 Å². The van der Waals surface area contributed by atoms with Gasteiger partial charge < -0.3 is 4.57 Å². The number of halogens is 1. The maximum absolute atomic E-state index is 11.8. The number of nitrogens with zero attached hydrogens (tertiary/aromatic N) is 2. The molecule has 0 N–H and O–H groups in total. The van der Waals surface area contributed by atoms with E-state index in [2.05, 4.69) is 16.5 Å². The number of fused-ring (bicyclic) bond motifs is 1. The van der Waals surface area contributed by atoms with Crippen LogP contribution in [0.4, 0.5) is 0 Å². The molecule has 0 saturated carbocycles. The maximum atomic E-state index is 11.8. The molecule has 0 spiro atoms. The number of pyridine rings is 1. The molecule has 24 heavy (non-hydrogen) atoms. The molecule has 0 fully saturated rings. The van der Waals surface area contributed by atoms with Crippen molar-refractivity contribution in [2.45, 2.75) is 31.2 Å². The summed E-state index contributed by atoms with van der Waals surface area (Å²) in [6.45, 7) is 2.81. The lowest BCUT2D eigenvalue weighted by Gasteiger charge is -2.10. The Kier molecular flexibility index (Phi) is 4.65. The van der Waals surface area contributed by atoms with Crippen LogP contribution in [-0.2, 0) is 22.8 Å². The molecule has 6 heteroatoms. The Bertz CT molecular complexity index is 976. The van der Waals surface area contributed by atoms with E-state index < -0.39 is 9.84 Å². The fraction of sp³-hybridized carbons (Fsp3) is 0.278. The number of benzene rings is 1. The summed E-state index contributed by atoms with van der Waals surface area (Å²) in [5.74, 6) is 0. The van der Waals surface area contributed by atoms with E-state index in [-0.39, 0.29) is 4.90 Å². The molecule has 3 aromatic rings. The summed E-state index contributed by atoms with van der Waals surface area (Å²) in [5, 5.41) is 1.57. The smallest absolute Gasteiger partial charge is 0.177 e. The monoisotopic (exact) mass is 362 g/mol. The third-order valence-electron chi connectivity index (χ3n) is 3.98. The highest BCUT2D eigenvalue weighted by molar-refractivity contribution is 7.90. The zero-order chi connectivity index (χ0) is 17.3. The standard InChI is InChI=1S/C18H19ClN2O2S/c1-3-4-16-9-14-10-17(24(2,22)23)11-20-18(14)21(16)12-13-5-7-15(19)8-6-13/h5-11H,3-4,12H2,1-2H3. The second kappa shape index (κ2) is 6.57. The van der Waals surface area contributed by atoms with Crippen LogP contribution in [0.5, 0.6) is 0 Å². The van der Waals surface area contributed by atoms with Crippen molar-refractivity contribution in [3.63, 3.8) is 0 Å². The molecule has 1 aromatic carbocycles. The molecule has 2 aromatic heterocycles. The first-order chi connectivity index (χ1) is 11.4. The van der Waals surface area contributed by atoms with Gasteiger partial charge in [-0.15, -0.1) is 0 Å². The lowest BCUT2D eigenvalue weighted by Crippen LogP contribution is -2.05. The minimum Gasteiger partial charge on any atom is -0.325 e. The van der Waals surface area contributed by atoms with Gasteiger partial charge in [0, 0.05) is 35.1 Å². The minimum atomic E-state index is -3.26. The zero-order valence-electron chi connectivity index (χ0n) is 13.7. The van der Waals surface area contributed by atoms with Crippen molar-refractivity contribution in [1.82, 2.24) is 9.55 Å². The molecule has 3 rings (SSSR count). The number of aryl methyl sites for hydroxylation is 1. The number of rotatable bonds is 5. The van der Waals surface area contributed by atoms with E-state index in [9.17, 15) is 8.42 Å². The van der Waals surface area contributed by atoms with Crippen LogP contribution in [0, 0.1) is 0 Å². The van der Waals surface area contributed by atoms with Crippen molar-refractivity contribution in [2.75, 3.05) is 6.26 Å². The van der Waals surface area contributed by atoms with Crippen LogP contribution >= 0.6 is 11.6 Å². The molecular formula is C18H19ClN2O2S. The third-order valence-corrected chi connectivity index (χ3v) is 5.31. The Morgan fingerprint density at radius 1 is 1.17 bits per heavy atom. The second-order valence-electron chi connectivity index (χ2n) is 5.95. The molecular weight excluding hydrogens is 344 g/mol. The summed E-state index contributed by atoms with van der Waals surface area (Å²) in [7, 11) is -3.26. The van der Waals surface area contributed by atoms with Crippen LogP contribution in [-0.4, -0.2) is 24.2 Å². The maximum Gasteiger partial charge on any atom is 0.177 e. The van der Waals surface area contributed by atoms with Crippen molar-refractivity contribution in [1.29, 1.82) is 0 Å². The first kappa shape index (κ1) is 17.0. The topological polar surface area (TPSA) is 52.0 Å². The SMILES string of the molecule is CCCc1cc2cc(S(C)(=O)=O)cnc2n1Cc1ccc(Cl)cc1. The van der Waals surface area contributed by atoms with Gasteiger partial charge in [0.1, 0.15) is 5.65 Å². The first-order valence-electron chi connectivity index (χ1n) is 7.81. The number of sulfone groups is 1. The van der Waals surface area contributed by atoms with Crippen LogP contribution in [0.15, 0.2) is 47.5 Å². The fourth-order valence-corrected chi connectivity index (χ4v) is 3.51. The van der Waals surface area contributed by atoms with Gasteiger partial charge in [0.2, 0.25) is 0 Å². The van der Waals surface area contributed by atoms with E-state index >= 15 is 0 Å². The van der Waals surface area contributed by atoms with Gasteiger partial charge >= 0.3 is 0 Å². The van der Waals surface area contributed by atoms with E-state index in [0.29, 0.717) is 11.6 Å². The van der Waals surface area contributed by atoms with Gasteiger partial charge in [-0.2, -0.15) is 0 Å². The Labute approximate surface area is 147 Å². The summed E-state index contributed by atoms with van der Waals surface area (Å²) in [5.41, 5.74) is 3.09. The summed E-state index contributed by atoms with van der Waals surface area (Å²) < 4.78 is 25.7. The van der Waals surface area contributed by atoms with E-state index in [4.69, 9.17) is 11.6 Å². The van der Waals surface area contributed by atoms with Gasteiger partial charge in [0.15, 0.2) is 9.84 Å². The molecule has 0 aliphatic rings. The van der Waals surface area contributed by atoms with Gasteiger partial charge in [-0.3, -0.25) is 0 Å². The highest BCUT2D eigenvalue weighted by atomic mass is 35.5. The molecule has 0 amide bonds. The minimum absolute atomic E-state index is 0.252. The zero-order valence-corrected chi connectivity index (χ0v) is 15.2. The lowest BCUT2D eigenvalue weighted by atomic mass is 10.2. The molecule has 0 atom stereocenters. The molecule has 0 aliphatic carbocycles. The van der Waals surface area contributed by atoms with E-state index in [1.165, 1.54) is 12.5 Å². The molecule has 0 bridgehead atoms. The fourth-order valence-electron chi connectivity index (χ4n) is 2.79. The van der Waals surface area contributed by atoms with Crippen molar-refractivity contribution in [3.8, 4) is 0 Å². The molecule has 0 aliphatic heterocycles. The molecule has 126 valence electrons. The summed E-state index contributed by atoms with van der Waals surface area (Å²) >= 11 is 5.95. The Hall–Kier alpha value is -1.85. The lowest BCUT2D eigenvalue weighted by molar-refractivity contribution is 0.601. The quantitative estimate of drug-likeness (QED) is 0.686. The van der Waals surface area contributed by atoms with Crippen molar-refractivity contribution < 1.29 is 8.42 Å². The predicted molar refractivity (Wildman–Crippen MR) is 97.4 cm³/mol. The highest BCUT2D eigenvalue weighted by Gasteiger charge is 2.14. The van der Waals surface area contributed by atoms with Crippen LogP contribution in [0.1, 0.15) is 24.6 Å². The van der Waals surface area contributed by atoms with E-state index in [1.807, 2.05) is 30.3 Å². The number of aromatic nitrogens is 2. The van der Waals surface area contributed by atoms with E-state index in [1.54, 1.807) is 6.07 Å². The van der Waals surface area contributed by atoms with Crippen LogP contribution in [0.3, 0.4) is 0 Å². The van der Waals surface area contributed by atoms with Gasteiger partial charge in [-0.05, 0) is 36.2 Å². The molecule has 2 heterocycles. The van der Waals surface area contributed by atoms with Crippen molar-refractivity contribution in [2.24, 2.45) is 0 Å². The highest BCUT2D eigenvalue weighted by Crippen LogP contribution is 2.24. The Morgan fingerprint density at radius 2 is 1.88 bits per heavy atom. The predicted octanol–water partition coefficient (Wildman–Crippen LogP) is 4.09. The van der Waals surface area contributed by atoms with E-state index in [0.717, 1.165) is 35.1 Å². The van der Waals surface area contributed by atoms with Crippen molar-refractivity contribution in [3.05, 3.63) is 58.9 Å². The first-order valence-corrected chi connectivity index (χ1v) is 10.1. The molecule has 0 radical (unpaired) electrons. The summed E-state index contributed by atoms with van der Waals surface area (Å²) in [4.78, 5) is 4.67. The second-order valence-corrected chi connectivity index (χ2v) is 8.41. The Morgan fingerprint density at radius 3 is 2.50 bits per heavy atom.